The van der Waals surface area contributed by atoms with E-state index in [1.54, 1.807) is 0 Å². The molecule has 0 unspecified atom stereocenters. The third-order valence-corrected chi connectivity index (χ3v) is 2.42. The second-order valence-electron chi connectivity index (χ2n) is 3.07. The van der Waals surface area contributed by atoms with Crippen LogP contribution in [0.2, 0.25) is 0 Å². The molecule has 0 aliphatic heterocycles. The maximum Gasteiger partial charge on any atom is 0.673 e. The highest BCUT2D eigenvalue weighted by molar-refractivity contribution is 7.87. The van der Waals surface area contributed by atoms with Crippen LogP contribution in [-0.2, 0) is 10.1 Å². The van der Waals surface area contributed by atoms with Crippen LogP contribution in [0.25, 0.3) is 4.98 Å². The van der Waals surface area contributed by atoms with Gasteiger partial charge in [-0.05, 0) is 12.1 Å². The minimum Gasteiger partial charge on any atom is -0.418 e. The zero-order chi connectivity index (χ0) is 16.9. The topological polar surface area (TPSA) is 71.5 Å². The summed E-state index contributed by atoms with van der Waals surface area (Å²) in [4.78, 5) is 2.73. The summed E-state index contributed by atoms with van der Waals surface area (Å²) in [6, 6.07) is 4.03. The van der Waals surface area contributed by atoms with Gasteiger partial charge in [0.2, 0.25) is 5.39 Å². The summed E-state index contributed by atoms with van der Waals surface area (Å²) in [5.41, 5.74) is -5.43. The van der Waals surface area contributed by atoms with E-state index >= 15 is 0 Å². The van der Waals surface area contributed by atoms with Gasteiger partial charge in [-0.1, -0.05) is 0 Å². The summed E-state index contributed by atoms with van der Waals surface area (Å²) >= 11 is 0. The molecule has 0 amide bonds. The van der Waals surface area contributed by atoms with Crippen molar-refractivity contribution in [2.45, 2.75) is 5.51 Å². The fraction of sp³-hybridized carbons (Fsp3) is 0.143. The Morgan fingerprint density at radius 2 is 1.43 bits per heavy atom. The lowest BCUT2D eigenvalue weighted by Crippen LogP contribution is -2.27. The predicted octanol–water partition coefficient (Wildman–Crippen LogP) is 3.70. The first-order valence-electron chi connectivity index (χ1n) is 4.59. The molecule has 0 atom stereocenters. The molecule has 0 fully saturated rings. The molecule has 1 rings (SSSR count). The van der Waals surface area contributed by atoms with Gasteiger partial charge in [0.25, 0.3) is 0 Å². The molecule has 0 radical (unpaired) electrons. The summed E-state index contributed by atoms with van der Waals surface area (Å²) in [6.45, 7) is 0. The Labute approximate surface area is 113 Å². The number of halogens is 7. The van der Waals surface area contributed by atoms with Gasteiger partial charge in [0.05, 0.1) is 0 Å². The number of alkyl halides is 3. The Balaban J connectivity index is 0.000000690. The molecule has 0 spiro atoms. The van der Waals surface area contributed by atoms with Gasteiger partial charge in [-0.25, -0.2) is 0 Å². The lowest BCUT2D eigenvalue weighted by molar-refractivity contribution is -0.0500. The molecule has 0 saturated heterocycles. The van der Waals surface area contributed by atoms with Crippen molar-refractivity contribution in [3.63, 3.8) is 0 Å². The van der Waals surface area contributed by atoms with E-state index < -0.39 is 28.6 Å². The Bertz CT molecular complexity index is 599. The molecule has 0 bridgehead atoms. The summed E-state index contributed by atoms with van der Waals surface area (Å²) in [5.74, 6) is -0.523. The largest absolute Gasteiger partial charge is 0.673 e. The maximum absolute atomic E-state index is 11.9. The fourth-order valence-corrected chi connectivity index (χ4v) is 1.20. The molecule has 1 aromatic carbocycles. The lowest BCUT2D eigenvalue weighted by Gasteiger charge is -2.08. The van der Waals surface area contributed by atoms with Gasteiger partial charge >= 0.3 is 28.6 Å². The average Bonchev–Trinajstić information content (AvgIpc) is 2.25. The Morgan fingerprint density at radius 3 is 1.71 bits per heavy atom. The summed E-state index contributed by atoms with van der Waals surface area (Å²) in [5, 5.41) is 8.28. The standard InChI is InChI=1S/C7H4F3N2O3S.BF4/c8-7(9,10)16(13,14)15-6-3-1-5(12-11)2-4-6;2-1(3,4)5/h1-4H;/q+1;-1. The minimum atomic E-state index is -6.00. The van der Waals surface area contributed by atoms with Crippen LogP contribution >= 0.6 is 0 Å². The zero-order valence-corrected chi connectivity index (χ0v) is 10.4. The van der Waals surface area contributed by atoms with Crippen molar-refractivity contribution in [2.75, 3.05) is 0 Å². The second-order valence-corrected chi connectivity index (χ2v) is 4.61. The number of benzene rings is 1. The second kappa shape index (κ2) is 6.61. The summed E-state index contributed by atoms with van der Waals surface area (Å²) in [6.07, 6.45) is 0. The monoisotopic (exact) mass is 340 g/mol. The normalized spacial score (nSPS) is 11.9. The molecule has 5 nitrogen and oxygen atoms in total. The predicted molar refractivity (Wildman–Crippen MR) is 57.0 cm³/mol. The number of nitrogens with zero attached hydrogens (tertiary/aromatic N) is 2. The Kier molecular flexibility index (Phi) is 5.97. The molecule has 0 heterocycles. The highest BCUT2D eigenvalue weighted by Crippen LogP contribution is 2.27. The van der Waals surface area contributed by atoms with E-state index in [1.807, 2.05) is 0 Å². The molecule has 14 heteroatoms. The Hall–Kier alpha value is -2.04. The van der Waals surface area contributed by atoms with Crippen molar-refractivity contribution in [3.05, 3.63) is 29.2 Å². The van der Waals surface area contributed by atoms with Crippen LogP contribution in [0.4, 0.5) is 36.1 Å². The van der Waals surface area contributed by atoms with Gasteiger partial charge in [0.15, 0.2) is 4.98 Å². The van der Waals surface area contributed by atoms with Gasteiger partial charge < -0.3 is 21.4 Å². The zero-order valence-electron chi connectivity index (χ0n) is 9.56. The maximum atomic E-state index is 11.9. The SMILES string of the molecule is F[B-](F)(F)F.N#[N+]c1ccc(OS(=O)(=O)C(F)(F)F)cc1. The van der Waals surface area contributed by atoms with Gasteiger partial charge in [-0.15, -0.1) is 0 Å². The molecule has 1 aromatic rings. The molecule has 21 heavy (non-hydrogen) atoms. The van der Waals surface area contributed by atoms with E-state index in [1.165, 1.54) is 0 Å². The summed E-state index contributed by atoms with van der Waals surface area (Å²) in [7, 11) is -11.7. The van der Waals surface area contributed by atoms with E-state index in [-0.39, 0.29) is 5.69 Å². The van der Waals surface area contributed by atoms with Crippen LogP contribution in [0.3, 0.4) is 0 Å². The summed E-state index contributed by atoms with van der Waals surface area (Å²) < 4.78 is 99.6. The molecule has 0 saturated carbocycles. The van der Waals surface area contributed by atoms with Crippen LogP contribution in [-0.4, -0.2) is 21.2 Å². The highest BCUT2D eigenvalue weighted by atomic mass is 32.2. The lowest BCUT2D eigenvalue weighted by atomic mass is 10.3. The van der Waals surface area contributed by atoms with Crippen molar-refractivity contribution in [1.29, 1.82) is 5.39 Å². The van der Waals surface area contributed by atoms with Crippen LogP contribution in [0.15, 0.2) is 24.3 Å². The number of diazo groups is 1. The van der Waals surface area contributed by atoms with E-state index in [0.29, 0.717) is 0 Å². The molecule has 0 N–H and O–H groups in total. The van der Waals surface area contributed by atoms with Gasteiger partial charge in [-0.3, -0.25) is 0 Å². The molecule has 118 valence electrons. The smallest absolute Gasteiger partial charge is 0.418 e. The number of hydrogen-bond acceptors (Lipinski definition) is 4. The van der Waals surface area contributed by atoms with E-state index in [2.05, 4.69) is 9.16 Å². The molecular weight excluding hydrogens is 336 g/mol. The molecule has 0 aliphatic carbocycles. The number of hydrogen-bond donors (Lipinski definition) is 0. The van der Waals surface area contributed by atoms with Crippen molar-refractivity contribution < 1.29 is 43.0 Å². The van der Waals surface area contributed by atoms with Crippen molar-refractivity contribution in [1.82, 2.24) is 0 Å². The quantitative estimate of drug-likeness (QED) is 0.271. The van der Waals surface area contributed by atoms with Crippen molar-refractivity contribution >= 4 is 23.1 Å². The van der Waals surface area contributed by atoms with Gasteiger partial charge in [0.1, 0.15) is 5.75 Å². The van der Waals surface area contributed by atoms with Gasteiger partial charge in [-0.2, -0.15) is 21.6 Å². The molecular formula is C7H4BF7N2O3S. The van der Waals surface area contributed by atoms with E-state index in [0.717, 1.165) is 24.3 Å². The third-order valence-electron chi connectivity index (χ3n) is 1.44. The van der Waals surface area contributed by atoms with Crippen molar-refractivity contribution in [2.24, 2.45) is 0 Å². The van der Waals surface area contributed by atoms with Crippen LogP contribution < -0.4 is 4.18 Å². The number of rotatable bonds is 2. The molecule has 0 aliphatic rings. The minimum absolute atomic E-state index is 0.0526. The fourth-order valence-electron chi connectivity index (χ4n) is 0.742. The Morgan fingerprint density at radius 1 is 1.05 bits per heavy atom. The third kappa shape index (κ3) is 7.97. The average molecular weight is 340 g/mol. The van der Waals surface area contributed by atoms with Crippen LogP contribution in [0.1, 0.15) is 0 Å². The first-order chi connectivity index (χ1) is 9.26. The highest BCUT2D eigenvalue weighted by Gasteiger charge is 2.48. The van der Waals surface area contributed by atoms with Crippen LogP contribution in [0, 0.1) is 5.39 Å². The van der Waals surface area contributed by atoms with Gasteiger partial charge in [0, 0.05) is 12.1 Å². The first kappa shape index (κ1) is 19.0. The van der Waals surface area contributed by atoms with E-state index in [4.69, 9.17) is 5.39 Å². The van der Waals surface area contributed by atoms with E-state index in [9.17, 15) is 38.9 Å². The van der Waals surface area contributed by atoms with Crippen LogP contribution in [0.5, 0.6) is 5.75 Å². The molecule has 0 aromatic heterocycles. The van der Waals surface area contributed by atoms with Crippen molar-refractivity contribution in [3.8, 4) is 5.75 Å². The first-order valence-corrected chi connectivity index (χ1v) is 6.00.